The molecule has 0 radical (unpaired) electrons. The Morgan fingerprint density at radius 3 is 2.56 bits per heavy atom. The highest BCUT2D eigenvalue weighted by Crippen LogP contribution is 2.12. The predicted molar refractivity (Wildman–Crippen MR) is 71.5 cm³/mol. The van der Waals surface area contributed by atoms with Crippen LogP contribution in [0.1, 0.15) is 32.6 Å². The van der Waals surface area contributed by atoms with Crippen LogP contribution in [0.4, 0.5) is 5.69 Å². The van der Waals surface area contributed by atoms with Gasteiger partial charge in [-0.25, -0.2) is 0 Å². The molecule has 0 aliphatic heterocycles. The van der Waals surface area contributed by atoms with Gasteiger partial charge in [0.2, 0.25) is 0 Å². The third kappa shape index (κ3) is 6.13. The summed E-state index contributed by atoms with van der Waals surface area (Å²) in [5, 5.41) is 0. The quantitative estimate of drug-likeness (QED) is 0.438. The number of nitrogen functional groups attached to an aromatic ring is 1. The largest absolute Gasteiger partial charge is 0.490 e. The van der Waals surface area contributed by atoms with Crippen molar-refractivity contribution in [3.05, 3.63) is 24.3 Å². The summed E-state index contributed by atoms with van der Waals surface area (Å²) >= 11 is 0. The van der Waals surface area contributed by atoms with Crippen LogP contribution in [0.15, 0.2) is 24.3 Å². The van der Waals surface area contributed by atoms with Gasteiger partial charge in [0.1, 0.15) is 19.0 Å². The molecular formula is C14H21NO3. The average Bonchev–Trinajstić information content (AvgIpc) is 2.37. The van der Waals surface area contributed by atoms with Gasteiger partial charge in [-0.15, -0.1) is 0 Å². The fraction of sp³-hybridized carbons (Fsp3) is 0.500. The van der Waals surface area contributed by atoms with Crippen molar-refractivity contribution in [2.24, 2.45) is 0 Å². The van der Waals surface area contributed by atoms with Gasteiger partial charge in [-0.1, -0.05) is 19.8 Å². The van der Waals surface area contributed by atoms with E-state index in [1.807, 2.05) is 0 Å². The van der Waals surface area contributed by atoms with E-state index < -0.39 is 0 Å². The Morgan fingerprint density at radius 1 is 1.17 bits per heavy atom. The van der Waals surface area contributed by atoms with E-state index >= 15 is 0 Å². The van der Waals surface area contributed by atoms with E-state index in [1.54, 1.807) is 24.3 Å². The molecule has 0 atom stereocenters. The lowest BCUT2D eigenvalue weighted by Crippen LogP contribution is -2.11. The number of ether oxygens (including phenoxy) is 2. The molecule has 0 aliphatic rings. The summed E-state index contributed by atoms with van der Waals surface area (Å²) in [5.74, 6) is 0.579. The number of hydrogen-bond donors (Lipinski definition) is 1. The number of esters is 1. The first-order chi connectivity index (χ1) is 8.72. The van der Waals surface area contributed by atoms with Crippen molar-refractivity contribution in [1.82, 2.24) is 0 Å². The third-order valence-corrected chi connectivity index (χ3v) is 2.48. The van der Waals surface area contributed by atoms with Gasteiger partial charge in [0.15, 0.2) is 0 Å². The fourth-order valence-corrected chi connectivity index (χ4v) is 1.47. The van der Waals surface area contributed by atoms with Crippen LogP contribution in [0.3, 0.4) is 0 Å². The van der Waals surface area contributed by atoms with Crippen LogP contribution >= 0.6 is 0 Å². The van der Waals surface area contributed by atoms with Gasteiger partial charge in [-0.05, 0) is 30.7 Å². The van der Waals surface area contributed by atoms with Gasteiger partial charge < -0.3 is 15.2 Å². The first-order valence-corrected chi connectivity index (χ1v) is 6.36. The number of unbranched alkanes of at least 4 members (excludes halogenated alkanes) is 2. The highest BCUT2D eigenvalue weighted by atomic mass is 16.6. The van der Waals surface area contributed by atoms with E-state index in [2.05, 4.69) is 6.92 Å². The summed E-state index contributed by atoms with van der Waals surface area (Å²) in [4.78, 5) is 11.3. The molecule has 0 saturated heterocycles. The van der Waals surface area contributed by atoms with Crippen molar-refractivity contribution in [3.63, 3.8) is 0 Å². The SMILES string of the molecule is CCCCCC(=O)OCCOc1ccc(N)cc1. The van der Waals surface area contributed by atoms with Crippen LogP contribution < -0.4 is 10.5 Å². The number of rotatable bonds is 8. The van der Waals surface area contributed by atoms with Gasteiger partial charge in [0, 0.05) is 12.1 Å². The molecule has 4 heteroatoms. The number of hydrogen-bond acceptors (Lipinski definition) is 4. The zero-order valence-electron chi connectivity index (χ0n) is 10.9. The minimum Gasteiger partial charge on any atom is -0.490 e. The van der Waals surface area contributed by atoms with E-state index in [0.717, 1.165) is 25.0 Å². The summed E-state index contributed by atoms with van der Waals surface area (Å²) in [5.41, 5.74) is 6.25. The zero-order valence-corrected chi connectivity index (χ0v) is 10.9. The van der Waals surface area contributed by atoms with Crippen molar-refractivity contribution in [2.75, 3.05) is 18.9 Å². The molecule has 1 aromatic carbocycles. The van der Waals surface area contributed by atoms with E-state index in [0.29, 0.717) is 18.7 Å². The smallest absolute Gasteiger partial charge is 0.305 e. The normalized spacial score (nSPS) is 10.1. The monoisotopic (exact) mass is 251 g/mol. The van der Waals surface area contributed by atoms with Crippen molar-refractivity contribution in [1.29, 1.82) is 0 Å². The first kappa shape index (κ1) is 14.4. The molecule has 18 heavy (non-hydrogen) atoms. The molecule has 1 aromatic rings. The maximum absolute atomic E-state index is 11.3. The molecule has 0 unspecified atom stereocenters. The number of anilines is 1. The molecule has 0 heterocycles. The molecule has 4 nitrogen and oxygen atoms in total. The summed E-state index contributed by atoms with van der Waals surface area (Å²) in [7, 11) is 0. The second kappa shape index (κ2) is 8.39. The standard InChI is InChI=1S/C14H21NO3/c1-2-3-4-5-14(16)18-11-10-17-13-8-6-12(15)7-9-13/h6-9H,2-5,10-11,15H2,1H3. The van der Waals surface area contributed by atoms with Crippen LogP contribution in [0.2, 0.25) is 0 Å². The fourth-order valence-electron chi connectivity index (χ4n) is 1.47. The molecular weight excluding hydrogens is 230 g/mol. The predicted octanol–water partition coefficient (Wildman–Crippen LogP) is 2.77. The maximum Gasteiger partial charge on any atom is 0.305 e. The Kier molecular flexibility index (Phi) is 6.69. The third-order valence-electron chi connectivity index (χ3n) is 2.48. The van der Waals surface area contributed by atoms with E-state index in [4.69, 9.17) is 15.2 Å². The second-order valence-corrected chi connectivity index (χ2v) is 4.10. The van der Waals surface area contributed by atoms with Crippen LogP contribution in [0.5, 0.6) is 5.75 Å². The Labute approximate surface area is 108 Å². The number of carbonyl (C=O) groups excluding carboxylic acids is 1. The van der Waals surface area contributed by atoms with Gasteiger partial charge >= 0.3 is 5.97 Å². The lowest BCUT2D eigenvalue weighted by atomic mass is 10.2. The summed E-state index contributed by atoms with van der Waals surface area (Å²) in [6.07, 6.45) is 3.56. The van der Waals surface area contributed by atoms with Crippen LogP contribution in [-0.4, -0.2) is 19.2 Å². The van der Waals surface area contributed by atoms with Crippen molar-refractivity contribution < 1.29 is 14.3 Å². The Bertz CT molecular complexity index is 349. The summed E-state index contributed by atoms with van der Waals surface area (Å²) < 4.78 is 10.4. The van der Waals surface area contributed by atoms with E-state index in [9.17, 15) is 4.79 Å². The number of nitrogens with two attached hydrogens (primary N) is 1. The lowest BCUT2D eigenvalue weighted by Gasteiger charge is -2.07. The molecule has 0 bridgehead atoms. The van der Waals surface area contributed by atoms with E-state index in [-0.39, 0.29) is 12.6 Å². The van der Waals surface area contributed by atoms with Gasteiger partial charge in [0.05, 0.1) is 0 Å². The molecule has 0 fully saturated rings. The number of carbonyl (C=O) groups is 1. The van der Waals surface area contributed by atoms with Crippen LogP contribution in [-0.2, 0) is 9.53 Å². The topological polar surface area (TPSA) is 61.5 Å². The van der Waals surface area contributed by atoms with Gasteiger partial charge in [0.25, 0.3) is 0 Å². The minimum atomic E-state index is -0.149. The second-order valence-electron chi connectivity index (χ2n) is 4.10. The summed E-state index contributed by atoms with van der Waals surface area (Å²) in [6.45, 7) is 2.75. The Morgan fingerprint density at radius 2 is 1.89 bits per heavy atom. The van der Waals surface area contributed by atoms with Crippen molar-refractivity contribution in [2.45, 2.75) is 32.6 Å². The van der Waals surface area contributed by atoms with Gasteiger partial charge in [-0.2, -0.15) is 0 Å². The van der Waals surface area contributed by atoms with Crippen LogP contribution in [0.25, 0.3) is 0 Å². The Hall–Kier alpha value is -1.71. The lowest BCUT2D eigenvalue weighted by molar-refractivity contribution is -0.144. The van der Waals surface area contributed by atoms with Crippen molar-refractivity contribution >= 4 is 11.7 Å². The van der Waals surface area contributed by atoms with E-state index in [1.165, 1.54) is 0 Å². The molecule has 0 saturated carbocycles. The molecule has 0 aliphatic carbocycles. The highest BCUT2D eigenvalue weighted by molar-refractivity contribution is 5.69. The zero-order chi connectivity index (χ0) is 13.2. The van der Waals surface area contributed by atoms with Crippen LogP contribution in [0, 0.1) is 0 Å². The molecule has 0 amide bonds. The molecule has 100 valence electrons. The Balaban J connectivity index is 2.07. The number of benzene rings is 1. The molecule has 1 rings (SSSR count). The summed E-state index contributed by atoms with van der Waals surface area (Å²) in [6, 6.07) is 7.12. The molecule has 2 N–H and O–H groups in total. The van der Waals surface area contributed by atoms with Gasteiger partial charge in [-0.3, -0.25) is 4.79 Å². The molecule has 0 spiro atoms. The minimum absolute atomic E-state index is 0.149. The first-order valence-electron chi connectivity index (χ1n) is 6.36. The average molecular weight is 251 g/mol. The molecule has 0 aromatic heterocycles. The van der Waals surface area contributed by atoms with Crippen molar-refractivity contribution in [3.8, 4) is 5.75 Å². The highest BCUT2D eigenvalue weighted by Gasteiger charge is 2.02. The maximum atomic E-state index is 11.3.